The zero-order chi connectivity index (χ0) is 15.4. The predicted molar refractivity (Wildman–Crippen MR) is 87.4 cm³/mol. The van der Waals surface area contributed by atoms with Gasteiger partial charge < -0.3 is 0 Å². The first-order valence-electron chi connectivity index (χ1n) is 7.91. The van der Waals surface area contributed by atoms with Crippen molar-refractivity contribution in [1.82, 2.24) is 5.43 Å². The van der Waals surface area contributed by atoms with Gasteiger partial charge in [-0.15, -0.1) is 0 Å². The maximum Gasteiger partial charge on any atom is 0.271 e. The Morgan fingerprint density at radius 1 is 1.24 bits per heavy atom. The van der Waals surface area contributed by atoms with Gasteiger partial charge in [-0.25, -0.2) is 5.43 Å². The van der Waals surface area contributed by atoms with Crippen molar-refractivity contribution in [1.29, 1.82) is 0 Å². The van der Waals surface area contributed by atoms with Gasteiger partial charge in [0.05, 0.1) is 0 Å². The van der Waals surface area contributed by atoms with Gasteiger partial charge in [0.1, 0.15) is 0 Å². The Kier molecular flexibility index (Phi) is 5.16. The summed E-state index contributed by atoms with van der Waals surface area (Å²) in [5.74, 6) is 1.62. The molecule has 0 spiro atoms. The summed E-state index contributed by atoms with van der Waals surface area (Å²) in [6.45, 7) is 8.74. The average Bonchev–Trinajstić information content (AvgIpc) is 2.45. The molecule has 2 rings (SSSR count). The molecular weight excluding hydrogens is 260 g/mol. The maximum atomic E-state index is 12.1. The van der Waals surface area contributed by atoms with E-state index in [4.69, 9.17) is 0 Å². The van der Waals surface area contributed by atoms with E-state index < -0.39 is 0 Å². The van der Waals surface area contributed by atoms with E-state index in [1.807, 2.05) is 31.2 Å². The molecule has 2 atom stereocenters. The van der Waals surface area contributed by atoms with Crippen molar-refractivity contribution in [2.75, 3.05) is 0 Å². The van der Waals surface area contributed by atoms with Crippen molar-refractivity contribution in [3.05, 3.63) is 35.4 Å². The fraction of sp³-hybridized carbons (Fsp3) is 0.556. The van der Waals surface area contributed by atoms with Crippen LogP contribution in [-0.4, -0.2) is 11.6 Å². The van der Waals surface area contributed by atoms with Crippen molar-refractivity contribution in [3.63, 3.8) is 0 Å². The number of amides is 1. The number of hydrazone groups is 1. The summed E-state index contributed by atoms with van der Waals surface area (Å²) in [6.07, 6.45) is 3.43. The molecule has 3 nitrogen and oxygen atoms in total. The Hall–Kier alpha value is -1.64. The van der Waals surface area contributed by atoms with Crippen LogP contribution in [-0.2, 0) is 0 Å². The fourth-order valence-corrected chi connectivity index (χ4v) is 2.98. The minimum atomic E-state index is -0.122. The van der Waals surface area contributed by atoms with Crippen LogP contribution in [0.25, 0.3) is 0 Å². The van der Waals surface area contributed by atoms with Crippen LogP contribution < -0.4 is 5.43 Å². The molecule has 1 N–H and O–H groups in total. The molecule has 0 saturated heterocycles. The highest BCUT2D eigenvalue weighted by Crippen LogP contribution is 2.31. The average molecular weight is 286 g/mol. The first-order chi connectivity index (χ1) is 9.97. The lowest BCUT2D eigenvalue weighted by molar-refractivity contribution is 0.0954. The molecule has 1 aromatic carbocycles. The van der Waals surface area contributed by atoms with E-state index in [0.29, 0.717) is 23.3 Å². The van der Waals surface area contributed by atoms with Crippen molar-refractivity contribution < 1.29 is 4.79 Å². The molecule has 3 heteroatoms. The molecule has 21 heavy (non-hydrogen) atoms. The van der Waals surface area contributed by atoms with Crippen LogP contribution in [0.1, 0.15) is 56.0 Å². The van der Waals surface area contributed by atoms with Gasteiger partial charge in [0.15, 0.2) is 0 Å². The monoisotopic (exact) mass is 286 g/mol. The van der Waals surface area contributed by atoms with Gasteiger partial charge in [-0.2, -0.15) is 5.10 Å². The fourth-order valence-electron chi connectivity index (χ4n) is 2.98. The summed E-state index contributed by atoms with van der Waals surface area (Å²) >= 11 is 0. The maximum absolute atomic E-state index is 12.1. The number of hydrogen-bond acceptors (Lipinski definition) is 2. The second-order valence-electron chi connectivity index (χ2n) is 6.65. The predicted octanol–water partition coefficient (Wildman–Crippen LogP) is 4.17. The van der Waals surface area contributed by atoms with E-state index in [9.17, 15) is 4.79 Å². The SMILES string of the molecule is Cc1ccc(C(=O)N/N=C2/C[C@@H](C)CC[C@H]2C(C)C)cc1. The first-order valence-corrected chi connectivity index (χ1v) is 7.91. The highest BCUT2D eigenvalue weighted by molar-refractivity contribution is 5.96. The highest BCUT2D eigenvalue weighted by atomic mass is 16.2. The van der Waals surface area contributed by atoms with Crippen LogP contribution >= 0.6 is 0 Å². The third-order valence-electron chi connectivity index (χ3n) is 4.38. The molecule has 0 heterocycles. The summed E-state index contributed by atoms with van der Waals surface area (Å²) < 4.78 is 0. The number of hydrogen-bond donors (Lipinski definition) is 1. The zero-order valence-electron chi connectivity index (χ0n) is 13.5. The molecule has 1 aliphatic rings. The van der Waals surface area contributed by atoms with Crippen LogP contribution in [0.3, 0.4) is 0 Å². The van der Waals surface area contributed by atoms with Gasteiger partial charge >= 0.3 is 0 Å². The van der Waals surface area contributed by atoms with E-state index in [2.05, 4.69) is 31.3 Å². The molecule has 1 aromatic rings. The molecule has 1 saturated carbocycles. The summed E-state index contributed by atoms with van der Waals surface area (Å²) in [5.41, 5.74) is 5.71. The molecule has 0 radical (unpaired) electrons. The van der Waals surface area contributed by atoms with Gasteiger partial charge in [0, 0.05) is 17.2 Å². The van der Waals surface area contributed by atoms with Gasteiger partial charge in [-0.05, 0) is 50.2 Å². The van der Waals surface area contributed by atoms with E-state index in [1.165, 1.54) is 12.8 Å². The quantitative estimate of drug-likeness (QED) is 0.832. The smallest absolute Gasteiger partial charge is 0.267 e. The number of benzene rings is 1. The van der Waals surface area contributed by atoms with Crippen LogP contribution in [0.2, 0.25) is 0 Å². The number of nitrogens with one attached hydrogen (secondary N) is 1. The minimum Gasteiger partial charge on any atom is -0.267 e. The Labute approximate surface area is 127 Å². The van der Waals surface area contributed by atoms with Crippen molar-refractivity contribution in [2.24, 2.45) is 22.9 Å². The minimum absolute atomic E-state index is 0.122. The topological polar surface area (TPSA) is 41.5 Å². The molecule has 114 valence electrons. The van der Waals surface area contributed by atoms with Crippen molar-refractivity contribution in [2.45, 2.75) is 47.0 Å². The van der Waals surface area contributed by atoms with Crippen molar-refractivity contribution >= 4 is 11.6 Å². The van der Waals surface area contributed by atoms with Gasteiger partial charge in [0.2, 0.25) is 0 Å². The second-order valence-corrected chi connectivity index (χ2v) is 6.65. The third kappa shape index (κ3) is 4.16. The molecule has 0 bridgehead atoms. The Bertz CT molecular complexity index is 517. The van der Waals surface area contributed by atoms with Gasteiger partial charge in [-0.3, -0.25) is 4.79 Å². The number of nitrogens with zero attached hydrogens (tertiary/aromatic N) is 1. The van der Waals surface area contributed by atoms with Gasteiger partial charge in [0.25, 0.3) is 5.91 Å². The summed E-state index contributed by atoms with van der Waals surface area (Å²) in [6, 6.07) is 7.58. The molecule has 0 aliphatic heterocycles. The normalized spacial score (nSPS) is 24.3. The number of carbonyl (C=O) groups excluding carboxylic acids is 1. The molecule has 1 amide bonds. The van der Waals surface area contributed by atoms with Crippen LogP contribution in [0.4, 0.5) is 0 Å². The standard InChI is InChI=1S/C18H26N2O/c1-12(2)16-10-7-14(4)11-17(16)19-20-18(21)15-8-5-13(3)6-9-15/h5-6,8-9,12,14,16H,7,10-11H2,1-4H3,(H,20,21)/b19-17-/t14-,16-/m0/s1. The molecular formula is C18H26N2O. The number of carbonyl (C=O) groups is 1. The second kappa shape index (κ2) is 6.88. The Morgan fingerprint density at radius 2 is 1.90 bits per heavy atom. The largest absolute Gasteiger partial charge is 0.271 e. The van der Waals surface area contributed by atoms with E-state index in [0.717, 1.165) is 17.7 Å². The molecule has 0 unspecified atom stereocenters. The van der Waals surface area contributed by atoms with Gasteiger partial charge in [-0.1, -0.05) is 38.5 Å². The molecule has 1 fully saturated rings. The van der Waals surface area contributed by atoms with Crippen LogP contribution in [0.15, 0.2) is 29.4 Å². The van der Waals surface area contributed by atoms with E-state index >= 15 is 0 Å². The lowest BCUT2D eigenvalue weighted by Crippen LogP contribution is -2.31. The first kappa shape index (κ1) is 15.7. The number of rotatable bonds is 3. The Morgan fingerprint density at radius 3 is 2.52 bits per heavy atom. The molecule has 0 aromatic heterocycles. The van der Waals surface area contributed by atoms with E-state index in [1.54, 1.807) is 0 Å². The zero-order valence-corrected chi connectivity index (χ0v) is 13.5. The third-order valence-corrected chi connectivity index (χ3v) is 4.38. The van der Waals surface area contributed by atoms with Crippen LogP contribution in [0, 0.1) is 24.7 Å². The summed E-state index contributed by atoms with van der Waals surface area (Å²) in [4.78, 5) is 12.1. The Balaban J connectivity index is 2.06. The summed E-state index contributed by atoms with van der Waals surface area (Å²) in [7, 11) is 0. The highest BCUT2D eigenvalue weighted by Gasteiger charge is 2.27. The lowest BCUT2D eigenvalue weighted by Gasteiger charge is -2.30. The lowest BCUT2D eigenvalue weighted by atomic mass is 9.76. The number of aryl methyl sites for hydroxylation is 1. The summed E-state index contributed by atoms with van der Waals surface area (Å²) in [5, 5.41) is 4.45. The van der Waals surface area contributed by atoms with E-state index in [-0.39, 0.29) is 5.91 Å². The van der Waals surface area contributed by atoms with Crippen molar-refractivity contribution in [3.8, 4) is 0 Å². The van der Waals surface area contributed by atoms with Crippen LogP contribution in [0.5, 0.6) is 0 Å². The molecule has 1 aliphatic carbocycles.